The molecule has 0 spiro atoms. The van der Waals surface area contributed by atoms with Gasteiger partial charge in [0.25, 0.3) is 0 Å². The van der Waals surface area contributed by atoms with Crippen LogP contribution in [0.2, 0.25) is 5.02 Å². The van der Waals surface area contributed by atoms with Crippen LogP contribution in [0.1, 0.15) is 5.01 Å². The van der Waals surface area contributed by atoms with E-state index in [9.17, 15) is 8.42 Å². The summed E-state index contributed by atoms with van der Waals surface area (Å²) >= 11 is 9.20. The van der Waals surface area contributed by atoms with Crippen LogP contribution >= 0.6 is 34.3 Å². The van der Waals surface area contributed by atoms with Crippen LogP contribution < -0.4 is 0 Å². The first kappa shape index (κ1) is 19.0. The van der Waals surface area contributed by atoms with Crippen molar-refractivity contribution in [2.45, 2.75) is 11.4 Å². The Kier molecular flexibility index (Phi) is 5.63. The predicted molar refractivity (Wildman–Crippen MR) is 111 cm³/mol. The van der Waals surface area contributed by atoms with Crippen LogP contribution in [0.3, 0.4) is 0 Å². The van der Waals surface area contributed by atoms with Crippen molar-refractivity contribution >= 4 is 44.3 Å². The normalized spacial score (nSPS) is 16.6. The number of sulfonamides is 1. The number of nitrogens with zero attached hydrogens (tertiary/aromatic N) is 3. The van der Waals surface area contributed by atoms with Crippen molar-refractivity contribution in [3.05, 3.63) is 57.2 Å². The van der Waals surface area contributed by atoms with Gasteiger partial charge in [-0.1, -0.05) is 17.7 Å². The zero-order valence-corrected chi connectivity index (χ0v) is 17.6. The molecule has 0 amide bonds. The van der Waals surface area contributed by atoms with E-state index in [1.807, 2.05) is 6.07 Å². The summed E-state index contributed by atoms with van der Waals surface area (Å²) in [6.07, 6.45) is 0. The second kappa shape index (κ2) is 7.98. The van der Waals surface area contributed by atoms with Crippen molar-refractivity contribution < 1.29 is 8.42 Å². The molecule has 1 aliphatic heterocycles. The summed E-state index contributed by atoms with van der Waals surface area (Å²) < 4.78 is 27.1. The molecule has 1 aromatic carbocycles. The standard InChI is InChI=1S/C18H18ClN3O2S3/c19-14-3-5-15(6-4-14)27(23,24)22-9-7-21(8-10-22)12-18-20-16(13-26-18)17-2-1-11-25-17/h1-6,11,13H,7-10,12H2. The van der Waals surface area contributed by atoms with E-state index >= 15 is 0 Å². The monoisotopic (exact) mass is 439 g/mol. The summed E-state index contributed by atoms with van der Waals surface area (Å²) in [4.78, 5) is 8.44. The lowest BCUT2D eigenvalue weighted by atomic mass is 10.3. The third-order valence-corrected chi connectivity index (χ3v) is 8.36. The van der Waals surface area contributed by atoms with Crippen molar-refractivity contribution in [2.24, 2.45) is 0 Å². The van der Waals surface area contributed by atoms with Crippen molar-refractivity contribution in [3.8, 4) is 10.6 Å². The van der Waals surface area contributed by atoms with Crippen LogP contribution in [-0.2, 0) is 16.6 Å². The van der Waals surface area contributed by atoms with Gasteiger partial charge in [0.15, 0.2) is 0 Å². The maximum absolute atomic E-state index is 12.8. The summed E-state index contributed by atoms with van der Waals surface area (Å²) in [5.41, 5.74) is 1.02. The lowest BCUT2D eigenvalue weighted by Gasteiger charge is -2.33. The molecule has 0 unspecified atom stereocenters. The number of benzene rings is 1. The molecule has 0 saturated carbocycles. The molecule has 9 heteroatoms. The Morgan fingerprint density at radius 2 is 1.78 bits per heavy atom. The molecule has 3 heterocycles. The van der Waals surface area contributed by atoms with Crippen molar-refractivity contribution in [1.82, 2.24) is 14.2 Å². The van der Waals surface area contributed by atoms with E-state index in [2.05, 4.69) is 21.7 Å². The Morgan fingerprint density at radius 1 is 1.04 bits per heavy atom. The summed E-state index contributed by atoms with van der Waals surface area (Å²) in [7, 11) is -3.46. The molecule has 2 aromatic heterocycles. The molecule has 0 bridgehead atoms. The Bertz CT molecular complexity index is 993. The molecule has 1 aliphatic rings. The summed E-state index contributed by atoms with van der Waals surface area (Å²) in [6, 6.07) is 10.4. The molecular formula is C18H18ClN3O2S3. The average molecular weight is 440 g/mol. The van der Waals surface area contributed by atoms with Crippen LogP contribution in [0.5, 0.6) is 0 Å². The number of hydrogen-bond acceptors (Lipinski definition) is 6. The number of rotatable bonds is 5. The zero-order chi connectivity index (χ0) is 18.9. The van der Waals surface area contributed by atoms with Gasteiger partial charge in [-0.25, -0.2) is 13.4 Å². The third-order valence-electron chi connectivity index (χ3n) is 4.47. The number of aromatic nitrogens is 1. The first-order valence-corrected chi connectivity index (χ1v) is 12.1. The highest BCUT2D eigenvalue weighted by molar-refractivity contribution is 7.89. The Morgan fingerprint density at radius 3 is 2.44 bits per heavy atom. The van der Waals surface area contributed by atoms with E-state index in [0.29, 0.717) is 36.1 Å². The molecule has 3 aromatic rings. The molecule has 0 radical (unpaired) electrons. The van der Waals surface area contributed by atoms with E-state index < -0.39 is 10.0 Å². The topological polar surface area (TPSA) is 53.5 Å². The second-order valence-electron chi connectivity index (χ2n) is 6.24. The fourth-order valence-corrected chi connectivity index (χ4v) is 6.14. The van der Waals surface area contributed by atoms with Gasteiger partial charge in [-0.3, -0.25) is 4.90 Å². The maximum atomic E-state index is 12.8. The summed E-state index contributed by atoms with van der Waals surface area (Å²) in [6.45, 7) is 3.11. The number of halogens is 1. The fraction of sp³-hybridized carbons (Fsp3) is 0.278. The Hall–Kier alpha value is -1.29. The minimum absolute atomic E-state index is 0.292. The highest BCUT2D eigenvalue weighted by Crippen LogP contribution is 2.27. The number of hydrogen-bond donors (Lipinski definition) is 0. The van der Waals surface area contributed by atoms with Gasteiger partial charge in [0.1, 0.15) is 5.01 Å². The number of thiophene rings is 1. The van der Waals surface area contributed by atoms with Gasteiger partial charge in [-0.05, 0) is 35.7 Å². The molecule has 1 saturated heterocycles. The molecule has 5 nitrogen and oxygen atoms in total. The molecule has 27 heavy (non-hydrogen) atoms. The molecular weight excluding hydrogens is 422 g/mol. The first-order valence-electron chi connectivity index (χ1n) is 8.49. The van der Waals surface area contributed by atoms with E-state index in [-0.39, 0.29) is 0 Å². The van der Waals surface area contributed by atoms with Gasteiger partial charge >= 0.3 is 0 Å². The second-order valence-corrected chi connectivity index (χ2v) is 10.5. The number of thiazole rings is 1. The van der Waals surface area contributed by atoms with Gasteiger partial charge in [-0.15, -0.1) is 22.7 Å². The van der Waals surface area contributed by atoms with Crippen LogP contribution in [0.4, 0.5) is 0 Å². The lowest BCUT2D eigenvalue weighted by molar-refractivity contribution is 0.181. The Labute approximate surface area is 171 Å². The van der Waals surface area contributed by atoms with Crippen LogP contribution in [0, 0.1) is 0 Å². The van der Waals surface area contributed by atoms with Gasteiger partial charge in [-0.2, -0.15) is 4.31 Å². The summed E-state index contributed by atoms with van der Waals surface area (Å²) in [5, 5.41) is 5.73. The Balaban J connectivity index is 1.37. The zero-order valence-electron chi connectivity index (χ0n) is 14.4. The smallest absolute Gasteiger partial charge is 0.243 e. The van der Waals surface area contributed by atoms with E-state index in [4.69, 9.17) is 16.6 Å². The lowest BCUT2D eigenvalue weighted by Crippen LogP contribution is -2.48. The SMILES string of the molecule is O=S(=O)(c1ccc(Cl)cc1)N1CCN(Cc2nc(-c3cccs3)cs2)CC1. The maximum Gasteiger partial charge on any atom is 0.243 e. The first-order chi connectivity index (χ1) is 13.0. The van der Waals surface area contributed by atoms with Gasteiger partial charge in [0.2, 0.25) is 10.0 Å². The van der Waals surface area contributed by atoms with Crippen molar-refractivity contribution in [2.75, 3.05) is 26.2 Å². The van der Waals surface area contributed by atoms with Crippen LogP contribution in [0.15, 0.2) is 52.1 Å². The molecule has 4 rings (SSSR count). The highest BCUT2D eigenvalue weighted by atomic mass is 35.5. The van der Waals surface area contributed by atoms with Crippen LogP contribution in [0.25, 0.3) is 10.6 Å². The average Bonchev–Trinajstić information content (AvgIpc) is 3.34. The third kappa shape index (κ3) is 4.26. The molecule has 0 atom stereocenters. The molecule has 1 fully saturated rings. The van der Waals surface area contributed by atoms with Crippen LogP contribution in [-0.4, -0.2) is 48.8 Å². The molecule has 0 N–H and O–H groups in total. The van der Waals surface area contributed by atoms with Gasteiger partial charge < -0.3 is 0 Å². The van der Waals surface area contributed by atoms with Gasteiger partial charge in [0, 0.05) is 36.6 Å². The summed E-state index contributed by atoms with van der Waals surface area (Å²) in [5.74, 6) is 0. The highest BCUT2D eigenvalue weighted by Gasteiger charge is 2.28. The van der Waals surface area contributed by atoms with Crippen molar-refractivity contribution in [3.63, 3.8) is 0 Å². The van der Waals surface area contributed by atoms with Crippen molar-refractivity contribution in [1.29, 1.82) is 0 Å². The number of piperazine rings is 1. The van der Waals surface area contributed by atoms with Gasteiger partial charge in [0.05, 0.1) is 22.0 Å². The van der Waals surface area contributed by atoms with E-state index in [1.165, 1.54) is 4.88 Å². The minimum Gasteiger partial charge on any atom is -0.294 e. The quantitative estimate of drug-likeness (QED) is 0.602. The van der Waals surface area contributed by atoms with E-state index in [1.54, 1.807) is 51.2 Å². The molecule has 142 valence electrons. The largest absolute Gasteiger partial charge is 0.294 e. The predicted octanol–water partition coefficient (Wildman–Crippen LogP) is 4.03. The van der Waals surface area contributed by atoms with E-state index in [0.717, 1.165) is 17.2 Å². The fourth-order valence-electron chi connectivity index (χ4n) is 3.00. The minimum atomic E-state index is -3.46. The molecule has 0 aliphatic carbocycles.